The van der Waals surface area contributed by atoms with Crippen LogP contribution in [0, 0.1) is 0 Å². The molecule has 0 saturated carbocycles. The van der Waals surface area contributed by atoms with Gasteiger partial charge in [-0.1, -0.05) is 19.1 Å². The van der Waals surface area contributed by atoms with E-state index in [-0.39, 0.29) is 6.04 Å². The van der Waals surface area contributed by atoms with Gasteiger partial charge in [-0.2, -0.15) is 0 Å². The van der Waals surface area contributed by atoms with E-state index >= 15 is 0 Å². The number of benzene rings is 1. The lowest BCUT2D eigenvalue weighted by Crippen LogP contribution is -2.44. The zero-order chi connectivity index (χ0) is 14.7. The molecule has 1 aromatic carbocycles. The summed E-state index contributed by atoms with van der Waals surface area (Å²) in [5.41, 5.74) is 0.965. The van der Waals surface area contributed by atoms with Crippen LogP contribution in [0.5, 0.6) is 5.75 Å². The first-order valence-corrected chi connectivity index (χ1v) is 7.68. The van der Waals surface area contributed by atoms with Gasteiger partial charge in [0.25, 0.3) is 0 Å². The van der Waals surface area contributed by atoms with E-state index in [0.717, 1.165) is 17.7 Å². The van der Waals surface area contributed by atoms with Gasteiger partial charge in [0.2, 0.25) is 0 Å². The van der Waals surface area contributed by atoms with E-state index in [2.05, 4.69) is 25.7 Å². The zero-order valence-electron chi connectivity index (χ0n) is 13.0. The molecule has 1 saturated heterocycles. The summed E-state index contributed by atoms with van der Waals surface area (Å²) < 4.78 is 5.17. The summed E-state index contributed by atoms with van der Waals surface area (Å²) in [6.45, 7) is 6.65. The standard InChI is InChI=1S/C17H27NO2/c1-5-15-9-6-12(2)18(15)13(3)17(19)14-7-10-16(20-4)11-8-14/h7-8,10-13,15,17,19H,5-6,9H2,1-4H3. The van der Waals surface area contributed by atoms with Gasteiger partial charge in [0, 0.05) is 18.1 Å². The van der Waals surface area contributed by atoms with E-state index in [1.54, 1.807) is 7.11 Å². The molecule has 0 amide bonds. The van der Waals surface area contributed by atoms with Gasteiger partial charge >= 0.3 is 0 Å². The van der Waals surface area contributed by atoms with E-state index in [0.29, 0.717) is 12.1 Å². The topological polar surface area (TPSA) is 32.7 Å². The quantitative estimate of drug-likeness (QED) is 0.895. The van der Waals surface area contributed by atoms with Gasteiger partial charge in [-0.25, -0.2) is 0 Å². The molecule has 0 aromatic heterocycles. The first kappa shape index (κ1) is 15.3. The summed E-state index contributed by atoms with van der Waals surface area (Å²) in [7, 11) is 1.66. The van der Waals surface area contributed by atoms with Crippen molar-refractivity contribution in [2.75, 3.05) is 7.11 Å². The molecule has 1 aliphatic heterocycles. The Morgan fingerprint density at radius 3 is 2.50 bits per heavy atom. The molecular formula is C17H27NO2. The van der Waals surface area contributed by atoms with E-state index in [9.17, 15) is 5.11 Å². The van der Waals surface area contributed by atoms with Crippen LogP contribution in [0.3, 0.4) is 0 Å². The molecule has 0 spiro atoms. The predicted octanol–water partition coefficient (Wildman–Crippen LogP) is 3.38. The normalized spacial score (nSPS) is 26.4. The molecule has 3 nitrogen and oxygen atoms in total. The first-order valence-electron chi connectivity index (χ1n) is 7.68. The van der Waals surface area contributed by atoms with Gasteiger partial charge in [0.15, 0.2) is 0 Å². The van der Waals surface area contributed by atoms with Crippen LogP contribution in [0.2, 0.25) is 0 Å². The summed E-state index contributed by atoms with van der Waals surface area (Å²) in [5, 5.41) is 10.7. The number of hydrogen-bond acceptors (Lipinski definition) is 3. The third-order valence-corrected chi connectivity index (χ3v) is 4.70. The third-order valence-electron chi connectivity index (χ3n) is 4.70. The lowest BCUT2D eigenvalue weighted by Gasteiger charge is -2.36. The number of nitrogens with zero attached hydrogens (tertiary/aromatic N) is 1. The Kier molecular flexibility index (Phi) is 5.06. The second-order valence-electron chi connectivity index (χ2n) is 5.89. The number of hydrogen-bond donors (Lipinski definition) is 1. The number of methoxy groups -OCH3 is 1. The number of likely N-dealkylation sites (tertiary alicyclic amines) is 1. The molecule has 0 radical (unpaired) electrons. The lowest BCUT2D eigenvalue weighted by molar-refractivity contribution is 0.0307. The van der Waals surface area contributed by atoms with Gasteiger partial charge in [0.05, 0.1) is 13.2 Å². The van der Waals surface area contributed by atoms with Crippen LogP contribution in [0.25, 0.3) is 0 Å². The molecular weight excluding hydrogens is 250 g/mol. The summed E-state index contributed by atoms with van der Waals surface area (Å²) in [6.07, 6.45) is 3.19. The van der Waals surface area contributed by atoms with Crippen LogP contribution in [-0.4, -0.2) is 35.2 Å². The maximum Gasteiger partial charge on any atom is 0.118 e. The van der Waals surface area contributed by atoms with E-state index in [1.807, 2.05) is 24.3 Å². The van der Waals surface area contributed by atoms with Crippen molar-refractivity contribution < 1.29 is 9.84 Å². The molecule has 112 valence electrons. The minimum Gasteiger partial charge on any atom is -0.497 e. The molecule has 1 fully saturated rings. The predicted molar refractivity (Wildman–Crippen MR) is 82.0 cm³/mol. The first-order chi connectivity index (χ1) is 9.58. The average Bonchev–Trinajstić information content (AvgIpc) is 2.86. The molecule has 1 N–H and O–H groups in total. The molecule has 0 bridgehead atoms. The minimum atomic E-state index is -0.449. The van der Waals surface area contributed by atoms with Gasteiger partial charge in [0.1, 0.15) is 5.75 Å². The highest BCUT2D eigenvalue weighted by atomic mass is 16.5. The monoisotopic (exact) mass is 277 g/mol. The highest BCUT2D eigenvalue weighted by Crippen LogP contribution is 2.33. The van der Waals surface area contributed by atoms with Gasteiger partial charge < -0.3 is 9.84 Å². The van der Waals surface area contributed by atoms with Crippen LogP contribution < -0.4 is 4.74 Å². The lowest BCUT2D eigenvalue weighted by atomic mass is 10.0. The Hall–Kier alpha value is -1.06. The Morgan fingerprint density at radius 1 is 1.30 bits per heavy atom. The molecule has 4 atom stereocenters. The molecule has 3 heteroatoms. The Bertz CT molecular complexity index is 418. The summed E-state index contributed by atoms with van der Waals surface area (Å²) >= 11 is 0. The molecule has 1 aromatic rings. The van der Waals surface area contributed by atoms with Crippen molar-refractivity contribution in [2.45, 2.75) is 64.3 Å². The SMILES string of the molecule is CCC1CCC(C)N1C(C)C(O)c1ccc(OC)cc1. The number of ether oxygens (including phenoxy) is 1. The maximum atomic E-state index is 10.7. The second kappa shape index (κ2) is 6.59. The third kappa shape index (κ3) is 2.99. The smallest absolute Gasteiger partial charge is 0.118 e. The summed E-state index contributed by atoms with van der Waals surface area (Å²) in [4.78, 5) is 2.49. The molecule has 1 heterocycles. The fourth-order valence-corrected chi connectivity index (χ4v) is 3.48. The van der Waals surface area contributed by atoms with Crippen molar-refractivity contribution >= 4 is 0 Å². The van der Waals surface area contributed by atoms with Gasteiger partial charge in [-0.05, 0) is 50.8 Å². The molecule has 20 heavy (non-hydrogen) atoms. The zero-order valence-corrected chi connectivity index (χ0v) is 13.0. The minimum absolute atomic E-state index is 0.144. The van der Waals surface area contributed by atoms with Crippen LogP contribution in [0.15, 0.2) is 24.3 Å². The van der Waals surface area contributed by atoms with Crippen molar-refractivity contribution in [2.24, 2.45) is 0 Å². The van der Waals surface area contributed by atoms with Crippen LogP contribution in [-0.2, 0) is 0 Å². The molecule has 0 aliphatic carbocycles. The van der Waals surface area contributed by atoms with E-state index in [4.69, 9.17) is 4.74 Å². The van der Waals surface area contributed by atoms with Gasteiger partial charge in [-0.15, -0.1) is 0 Å². The van der Waals surface area contributed by atoms with E-state index < -0.39 is 6.10 Å². The van der Waals surface area contributed by atoms with Gasteiger partial charge in [-0.3, -0.25) is 4.90 Å². The van der Waals surface area contributed by atoms with Crippen LogP contribution in [0.4, 0.5) is 0 Å². The second-order valence-corrected chi connectivity index (χ2v) is 5.89. The maximum absolute atomic E-state index is 10.7. The summed E-state index contributed by atoms with van der Waals surface area (Å²) in [5.74, 6) is 0.828. The molecule has 1 aliphatic rings. The number of rotatable bonds is 5. The van der Waals surface area contributed by atoms with Crippen molar-refractivity contribution in [3.05, 3.63) is 29.8 Å². The van der Waals surface area contributed by atoms with Crippen molar-refractivity contribution in [1.29, 1.82) is 0 Å². The largest absolute Gasteiger partial charge is 0.497 e. The fourth-order valence-electron chi connectivity index (χ4n) is 3.48. The van der Waals surface area contributed by atoms with Crippen molar-refractivity contribution in [3.8, 4) is 5.75 Å². The number of aliphatic hydroxyl groups is 1. The highest BCUT2D eigenvalue weighted by Gasteiger charge is 2.35. The Balaban J connectivity index is 2.12. The van der Waals surface area contributed by atoms with Crippen molar-refractivity contribution in [1.82, 2.24) is 4.90 Å². The van der Waals surface area contributed by atoms with Crippen LogP contribution >= 0.6 is 0 Å². The molecule has 2 rings (SSSR count). The van der Waals surface area contributed by atoms with E-state index in [1.165, 1.54) is 12.8 Å². The Morgan fingerprint density at radius 2 is 1.95 bits per heavy atom. The van der Waals surface area contributed by atoms with Crippen LogP contribution in [0.1, 0.15) is 51.7 Å². The van der Waals surface area contributed by atoms with Crippen molar-refractivity contribution in [3.63, 3.8) is 0 Å². The summed E-state index contributed by atoms with van der Waals surface area (Å²) in [6, 6.07) is 9.05. The number of aliphatic hydroxyl groups excluding tert-OH is 1. The molecule has 4 unspecified atom stereocenters. The highest BCUT2D eigenvalue weighted by molar-refractivity contribution is 5.29. The average molecular weight is 277 g/mol. The fraction of sp³-hybridized carbons (Fsp3) is 0.647. The Labute approximate surface area is 122 Å².